The second-order valence-electron chi connectivity index (χ2n) is 6.21. The highest BCUT2D eigenvalue weighted by atomic mass is 32.1. The molecule has 1 aromatic heterocycles. The Labute approximate surface area is 146 Å². The first-order valence-electron chi connectivity index (χ1n) is 8.27. The van der Waals surface area contributed by atoms with Crippen LogP contribution in [0.15, 0.2) is 41.8 Å². The van der Waals surface area contributed by atoms with E-state index in [1.54, 1.807) is 35.6 Å². The maximum Gasteiger partial charge on any atom is 0.221 e. The average Bonchev–Trinajstić information content (AvgIpc) is 3.24. The van der Waals surface area contributed by atoms with Crippen LogP contribution >= 0.6 is 11.3 Å². The number of anilines is 1. The summed E-state index contributed by atoms with van der Waals surface area (Å²) in [7, 11) is 0. The van der Waals surface area contributed by atoms with E-state index in [4.69, 9.17) is 0 Å². The first kappa shape index (κ1) is 16.9. The van der Waals surface area contributed by atoms with E-state index in [-0.39, 0.29) is 17.7 Å². The number of thiophene rings is 1. The van der Waals surface area contributed by atoms with Gasteiger partial charge >= 0.3 is 0 Å². The lowest BCUT2D eigenvalue weighted by Crippen LogP contribution is -2.38. The zero-order valence-corrected chi connectivity index (χ0v) is 14.8. The summed E-state index contributed by atoms with van der Waals surface area (Å²) in [6, 6.07) is 11.6. The van der Waals surface area contributed by atoms with Gasteiger partial charge in [0.15, 0.2) is 5.78 Å². The third-order valence-corrected chi connectivity index (χ3v) is 5.51. The predicted octanol–water partition coefficient (Wildman–Crippen LogP) is 4.11. The summed E-state index contributed by atoms with van der Waals surface area (Å²) in [4.78, 5) is 27.6. The van der Waals surface area contributed by atoms with Crippen molar-refractivity contribution >= 4 is 28.7 Å². The second-order valence-corrected chi connectivity index (χ2v) is 7.19. The number of benzene rings is 1. The molecule has 1 aliphatic rings. The first-order chi connectivity index (χ1) is 11.6. The highest BCUT2D eigenvalue weighted by molar-refractivity contribution is 7.10. The lowest BCUT2D eigenvalue weighted by Gasteiger charge is -2.29. The molecule has 1 fully saturated rings. The number of amides is 1. The molecule has 126 valence electrons. The number of nitrogens with zero attached hydrogens (tertiary/aromatic N) is 1. The number of rotatable bonds is 5. The Balaban J connectivity index is 1.73. The molecule has 5 heteroatoms. The van der Waals surface area contributed by atoms with Gasteiger partial charge in [0, 0.05) is 29.1 Å². The smallest absolute Gasteiger partial charge is 0.221 e. The molecule has 1 N–H and O–H groups in total. The van der Waals surface area contributed by atoms with E-state index in [1.807, 2.05) is 6.92 Å². The number of nitrogens with one attached hydrogen (secondary N) is 1. The molecule has 0 bridgehead atoms. The van der Waals surface area contributed by atoms with Gasteiger partial charge < -0.3 is 5.32 Å². The van der Waals surface area contributed by atoms with Crippen LogP contribution in [0.5, 0.6) is 0 Å². The Hall–Kier alpha value is -1.98. The topological polar surface area (TPSA) is 49.4 Å². The van der Waals surface area contributed by atoms with Crippen molar-refractivity contribution in [2.75, 3.05) is 11.9 Å². The van der Waals surface area contributed by atoms with Crippen LogP contribution in [0.25, 0.3) is 0 Å². The fourth-order valence-corrected chi connectivity index (χ4v) is 4.23. The third kappa shape index (κ3) is 3.57. The summed E-state index contributed by atoms with van der Waals surface area (Å²) in [6.45, 7) is 4.43. The van der Waals surface area contributed by atoms with Gasteiger partial charge in [-0.1, -0.05) is 6.07 Å². The van der Waals surface area contributed by atoms with Gasteiger partial charge in [0.2, 0.25) is 5.91 Å². The Bertz CT molecular complexity index is 709. The number of ketones is 1. The summed E-state index contributed by atoms with van der Waals surface area (Å²) in [5.41, 5.74) is 1.40. The van der Waals surface area contributed by atoms with Crippen molar-refractivity contribution in [3.63, 3.8) is 0 Å². The maximum absolute atomic E-state index is 12.9. The van der Waals surface area contributed by atoms with E-state index in [9.17, 15) is 9.59 Å². The van der Waals surface area contributed by atoms with Crippen molar-refractivity contribution in [2.45, 2.75) is 38.8 Å². The molecule has 1 aromatic carbocycles. The van der Waals surface area contributed by atoms with Gasteiger partial charge in [-0.15, -0.1) is 11.3 Å². The van der Waals surface area contributed by atoms with Crippen LogP contribution in [0.2, 0.25) is 0 Å². The van der Waals surface area contributed by atoms with Crippen molar-refractivity contribution < 1.29 is 9.59 Å². The van der Waals surface area contributed by atoms with Crippen LogP contribution in [0.4, 0.5) is 5.69 Å². The van der Waals surface area contributed by atoms with Crippen LogP contribution in [-0.2, 0) is 4.79 Å². The maximum atomic E-state index is 12.9. The van der Waals surface area contributed by atoms with E-state index in [2.05, 4.69) is 27.7 Å². The molecule has 24 heavy (non-hydrogen) atoms. The van der Waals surface area contributed by atoms with Crippen LogP contribution in [0.3, 0.4) is 0 Å². The Morgan fingerprint density at radius 3 is 2.62 bits per heavy atom. The first-order valence-corrected chi connectivity index (χ1v) is 9.15. The average molecular weight is 342 g/mol. The van der Waals surface area contributed by atoms with Crippen LogP contribution in [0, 0.1) is 0 Å². The molecule has 2 heterocycles. The molecule has 4 nitrogen and oxygen atoms in total. The molecule has 0 unspecified atom stereocenters. The van der Waals surface area contributed by atoms with E-state index >= 15 is 0 Å². The lowest BCUT2D eigenvalue weighted by molar-refractivity contribution is -0.114. The third-order valence-electron chi connectivity index (χ3n) is 4.53. The van der Waals surface area contributed by atoms with Crippen molar-refractivity contribution in [2.24, 2.45) is 0 Å². The number of carbonyl (C=O) groups is 2. The van der Waals surface area contributed by atoms with Crippen LogP contribution in [-0.4, -0.2) is 29.2 Å². The monoisotopic (exact) mass is 342 g/mol. The molecule has 1 amide bonds. The summed E-state index contributed by atoms with van der Waals surface area (Å²) in [5.74, 6) is 0.0196. The van der Waals surface area contributed by atoms with Crippen molar-refractivity contribution in [1.82, 2.24) is 4.90 Å². The van der Waals surface area contributed by atoms with Crippen molar-refractivity contribution in [1.29, 1.82) is 0 Å². The molecule has 1 saturated heterocycles. The molecular formula is C19H22N2O2S. The van der Waals surface area contributed by atoms with Crippen molar-refractivity contribution in [3.05, 3.63) is 52.2 Å². The summed E-state index contributed by atoms with van der Waals surface area (Å²) >= 11 is 1.76. The van der Waals surface area contributed by atoms with E-state index < -0.39 is 0 Å². The molecular weight excluding hydrogens is 320 g/mol. The minimum Gasteiger partial charge on any atom is -0.326 e. The number of hydrogen-bond acceptors (Lipinski definition) is 4. The van der Waals surface area contributed by atoms with E-state index in [0.29, 0.717) is 17.3 Å². The van der Waals surface area contributed by atoms with Gasteiger partial charge in [-0.2, -0.15) is 0 Å². The number of Topliss-reactive ketones (excluding diaryl/α,β-unsaturated/α-hetero) is 1. The van der Waals surface area contributed by atoms with Gasteiger partial charge in [-0.05, 0) is 62.0 Å². The molecule has 0 radical (unpaired) electrons. The molecule has 2 aromatic rings. The largest absolute Gasteiger partial charge is 0.326 e. The summed E-state index contributed by atoms with van der Waals surface area (Å²) < 4.78 is 0. The minimum absolute atomic E-state index is 0.113. The molecule has 3 rings (SSSR count). The molecule has 0 saturated carbocycles. The summed E-state index contributed by atoms with van der Waals surface area (Å²) in [5, 5.41) is 4.82. The number of likely N-dealkylation sites (tertiary alicyclic amines) is 1. The fraction of sp³-hybridized carbons (Fsp3) is 0.368. The SMILES string of the molecule is CC(=O)Nc1ccc(C(=O)[C@H](C)N2CCC[C@H]2c2cccs2)cc1. The lowest BCUT2D eigenvalue weighted by atomic mass is 10.0. The molecule has 0 aliphatic carbocycles. The standard InChI is InChI=1S/C19H22N2O2S/c1-13(21-11-3-5-17(21)18-6-4-12-24-18)19(23)15-7-9-16(10-8-15)20-14(2)22/h4,6-10,12-13,17H,3,5,11H2,1-2H3,(H,20,22)/t13-,17-/m0/s1. The van der Waals surface area contributed by atoms with E-state index in [1.165, 1.54) is 11.8 Å². The Morgan fingerprint density at radius 2 is 2.00 bits per heavy atom. The molecule has 2 atom stereocenters. The van der Waals surface area contributed by atoms with E-state index in [0.717, 1.165) is 19.4 Å². The van der Waals surface area contributed by atoms with Crippen LogP contribution < -0.4 is 5.32 Å². The Kier molecular flexibility index (Phi) is 5.11. The zero-order valence-electron chi connectivity index (χ0n) is 14.0. The molecule has 1 aliphatic heterocycles. The zero-order chi connectivity index (χ0) is 17.1. The predicted molar refractivity (Wildman–Crippen MR) is 97.5 cm³/mol. The minimum atomic E-state index is -0.147. The second kappa shape index (κ2) is 7.28. The Morgan fingerprint density at radius 1 is 1.25 bits per heavy atom. The van der Waals surface area contributed by atoms with Gasteiger partial charge in [-0.3, -0.25) is 14.5 Å². The molecule has 0 spiro atoms. The van der Waals surface area contributed by atoms with Gasteiger partial charge in [-0.25, -0.2) is 0 Å². The highest BCUT2D eigenvalue weighted by Crippen LogP contribution is 2.36. The summed E-state index contributed by atoms with van der Waals surface area (Å²) in [6.07, 6.45) is 2.24. The van der Waals surface area contributed by atoms with Gasteiger partial charge in [0.25, 0.3) is 0 Å². The number of hydrogen-bond donors (Lipinski definition) is 1. The normalized spacial score (nSPS) is 19.2. The quantitative estimate of drug-likeness (QED) is 0.832. The van der Waals surface area contributed by atoms with Gasteiger partial charge in [0.05, 0.1) is 6.04 Å². The number of carbonyl (C=O) groups excluding carboxylic acids is 2. The van der Waals surface area contributed by atoms with Crippen molar-refractivity contribution in [3.8, 4) is 0 Å². The highest BCUT2D eigenvalue weighted by Gasteiger charge is 2.33. The van der Waals surface area contributed by atoms with Gasteiger partial charge in [0.1, 0.15) is 0 Å². The van der Waals surface area contributed by atoms with Crippen LogP contribution in [0.1, 0.15) is 48.0 Å². The fourth-order valence-electron chi connectivity index (χ4n) is 3.35.